The van der Waals surface area contributed by atoms with Crippen LogP contribution in [0.4, 0.5) is 0 Å². The summed E-state index contributed by atoms with van der Waals surface area (Å²) < 4.78 is 37.9. The maximum absolute atomic E-state index is 12.3. The van der Waals surface area contributed by atoms with Crippen molar-refractivity contribution in [2.45, 2.75) is 31.7 Å². The van der Waals surface area contributed by atoms with Crippen molar-refractivity contribution < 1.29 is 17.6 Å². The molecule has 1 aromatic rings. The van der Waals surface area contributed by atoms with Crippen LogP contribution >= 0.6 is 0 Å². The number of nitrogens with two attached hydrogens (primary N) is 1. The fraction of sp³-hybridized carbons (Fsp3) is 0.667. The van der Waals surface area contributed by atoms with E-state index in [1.807, 2.05) is 0 Å². The van der Waals surface area contributed by atoms with Crippen molar-refractivity contribution in [2.75, 3.05) is 19.8 Å². The number of rotatable bonds is 5. The molecule has 2 rings (SSSR count). The van der Waals surface area contributed by atoms with E-state index in [9.17, 15) is 8.42 Å². The molecule has 0 bridgehead atoms. The number of hydrogen-bond donors (Lipinski definition) is 2. The fourth-order valence-corrected chi connectivity index (χ4v) is 3.91. The van der Waals surface area contributed by atoms with Crippen LogP contribution < -0.4 is 10.5 Å². The van der Waals surface area contributed by atoms with Crippen LogP contribution in [0.5, 0.6) is 0 Å². The largest absolute Gasteiger partial charge is 0.465 e. The normalized spacial score (nSPS) is 20.1. The lowest BCUT2D eigenvalue weighted by Gasteiger charge is -2.10. The molecule has 1 atom stereocenters. The van der Waals surface area contributed by atoms with E-state index in [4.69, 9.17) is 14.9 Å². The highest BCUT2D eigenvalue weighted by Gasteiger charge is 2.27. The molecule has 1 fully saturated rings. The number of ether oxygens (including phenoxy) is 1. The van der Waals surface area contributed by atoms with Gasteiger partial charge in [0.1, 0.15) is 16.4 Å². The lowest BCUT2D eigenvalue weighted by Crippen LogP contribution is -2.30. The Hall–Kier alpha value is -0.890. The summed E-state index contributed by atoms with van der Waals surface area (Å²) in [5, 5.41) is 0. The standard InChI is InChI=1S/C12H20N2O4S/c1-8-11(5-13)12(9(2)18-8)19(15,16)14-6-10-3-4-17-7-10/h10,14H,3-7,13H2,1-2H3. The van der Waals surface area contributed by atoms with Crippen molar-refractivity contribution in [3.05, 3.63) is 17.1 Å². The van der Waals surface area contributed by atoms with Gasteiger partial charge in [-0.05, 0) is 26.2 Å². The number of aryl methyl sites for hydroxylation is 2. The second-order valence-corrected chi connectivity index (χ2v) is 6.51. The van der Waals surface area contributed by atoms with Crippen molar-refractivity contribution in [1.82, 2.24) is 4.72 Å². The van der Waals surface area contributed by atoms with Crippen LogP contribution in [0.1, 0.15) is 23.5 Å². The van der Waals surface area contributed by atoms with Crippen LogP contribution in [-0.4, -0.2) is 28.2 Å². The van der Waals surface area contributed by atoms with E-state index in [0.717, 1.165) is 6.42 Å². The Morgan fingerprint density at radius 2 is 2.11 bits per heavy atom. The SMILES string of the molecule is Cc1oc(C)c(S(=O)(=O)NCC2CCOC2)c1CN. The zero-order chi connectivity index (χ0) is 14.0. The average Bonchev–Trinajstić information content (AvgIpc) is 2.94. The summed E-state index contributed by atoms with van der Waals surface area (Å²) in [6, 6.07) is 0. The second kappa shape index (κ2) is 5.62. The number of furan rings is 1. The van der Waals surface area contributed by atoms with Gasteiger partial charge in [0.05, 0.1) is 6.61 Å². The molecule has 1 unspecified atom stereocenters. The highest BCUT2D eigenvalue weighted by atomic mass is 32.2. The molecule has 0 amide bonds. The van der Waals surface area contributed by atoms with Gasteiger partial charge in [0.25, 0.3) is 0 Å². The summed E-state index contributed by atoms with van der Waals surface area (Å²) in [6.45, 7) is 5.19. The first-order valence-electron chi connectivity index (χ1n) is 6.32. The topological polar surface area (TPSA) is 94.6 Å². The summed E-state index contributed by atoms with van der Waals surface area (Å²) in [7, 11) is -3.58. The van der Waals surface area contributed by atoms with Crippen molar-refractivity contribution in [2.24, 2.45) is 11.7 Å². The zero-order valence-electron chi connectivity index (χ0n) is 11.2. The predicted molar refractivity (Wildman–Crippen MR) is 70.2 cm³/mol. The minimum absolute atomic E-state index is 0.145. The molecular weight excluding hydrogens is 268 g/mol. The third-order valence-corrected chi connectivity index (χ3v) is 5.00. The highest BCUT2D eigenvalue weighted by Crippen LogP contribution is 2.26. The molecule has 6 nitrogen and oxygen atoms in total. The number of hydrogen-bond acceptors (Lipinski definition) is 5. The molecule has 1 aliphatic heterocycles. The van der Waals surface area contributed by atoms with Gasteiger partial charge in [0.15, 0.2) is 0 Å². The van der Waals surface area contributed by atoms with Crippen LogP contribution in [0.3, 0.4) is 0 Å². The first-order valence-corrected chi connectivity index (χ1v) is 7.80. The van der Waals surface area contributed by atoms with Gasteiger partial charge in [-0.2, -0.15) is 0 Å². The fourth-order valence-electron chi connectivity index (χ4n) is 2.34. The Bertz CT molecular complexity index is 544. The van der Waals surface area contributed by atoms with Crippen LogP contribution in [0.25, 0.3) is 0 Å². The molecule has 7 heteroatoms. The molecule has 1 aliphatic rings. The van der Waals surface area contributed by atoms with E-state index >= 15 is 0 Å². The lowest BCUT2D eigenvalue weighted by molar-refractivity contribution is 0.186. The van der Waals surface area contributed by atoms with E-state index in [1.54, 1.807) is 13.8 Å². The molecule has 19 heavy (non-hydrogen) atoms. The quantitative estimate of drug-likeness (QED) is 0.830. The third kappa shape index (κ3) is 3.00. The number of nitrogens with one attached hydrogen (secondary N) is 1. The van der Waals surface area contributed by atoms with Gasteiger partial charge in [-0.1, -0.05) is 0 Å². The molecular formula is C12H20N2O4S. The van der Waals surface area contributed by atoms with E-state index in [0.29, 0.717) is 36.8 Å². The monoisotopic (exact) mass is 288 g/mol. The molecule has 0 saturated carbocycles. The maximum Gasteiger partial charge on any atom is 0.244 e. The number of sulfonamides is 1. The highest BCUT2D eigenvalue weighted by molar-refractivity contribution is 7.89. The summed E-state index contributed by atoms with van der Waals surface area (Å²) >= 11 is 0. The molecule has 2 heterocycles. The molecule has 108 valence electrons. The summed E-state index contributed by atoms with van der Waals surface area (Å²) in [6.07, 6.45) is 0.885. The van der Waals surface area contributed by atoms with Crippen LogP contribution in [0.15, 0.2) is 9.31 Å². The van der Waals surface area contributed by atoms with Crippen molar-refractivity contribution in [3.8, 4) is 0 Å². The minimum atomic E-state index is -3.58. The van der Waals surface area contributed by atoms with E-state index in [-0.39, 0.29) is 17.4 Å². The Balaban J connectivity index is 2.19. The van der Waals surface area contributed by atoms with E-state index < -0.39 is 10.0 Å². The molecule has 1 aromatic heterocycles. The van der Waals surface area contributed by atoms with E-state index in [1.165, 1.54) is 0 Å². The summed E-state index contributed by atoms with van der Waals surface area (Å²) in [4.78, 5) is 0.186. The molecule has 0 spiro atoms. The van der Waals surface area contributed by atoms with Crippen LogP contribution in [0, 0.1) is 19.8 Å². The zero-order valence-corrected chi connectivity index (χ0v) is 12.0. The van der Waals surface area contributed by atoms with Gasteiger partial charge < -0.3 is 14.9 Å². The van der Waals surface area contributed by atoms with Gasteiger partial charge in [-0.3, -0.25) is 0 Å². The Morgan fingerprint density at radius 1 is 1.37 bits per heavy atom. The maximum atomic E-state index is 12.3. The van der Waals surface area contributed by atoms with Crippen LogP contribution in [-0.2, 0) is 21.3 Å². The van der Waals surface area contributed by atoms with Crippen LogP contribution in [0.2, 0.25) is 0 Å². The average molecular weight is 288 g/mol. The van der Waals surface area contributed by atoms with Gasteiger partial charge >= 0.3 is 0 Å². The van der Waals surface area contributed by atoms with Gasteiger partial charge in [-0.15, -0.1) is 0 Å². The third-order valence-electron chi connectivity index (χ3n) is 3.38. The van der Waals surface area contributed by atoms with Crippen molar-refractivity contribution >= 4 is 10.0 Å². The van der Waals surface area contributed by atoms with Crippen molar-refractivity contribution in [1.29, 1.82) is 0 Å². The Kier molecular flexibility index (Phi) is 4.29. The lowest BCUT2D eigenvalue weighted by atomic mass is 10.1. The van der Waals surface area contributed by atoms with Gasteiger partial charge in [-0.25, -0.2) is 13.1 Å². The van der Waals surface area contributed by atoms with Gasteiger partial charge in [0, 0.05) is 25.3 Å². The second-order valence-electron chi connectivity index (χ2n) is 4.81. The first kappa shape index (κ1) is 14.5. The molecule has 0 aliphatic carbocycles. The Morgan fingerprint density at radius 3 is 2.68 bits per heavy atom. The molecule has 3 N–H and O–H groups in total. The summed E-state index contributed by atoms with van der Waals surface area (Å²) in [5.74, 6) is 1.18. The molecule has 0 aromatic carbocycles. The van der Waals surface area contributed by atoms with Gasteiger partial charge in [0.2, 0.25) is 10.0 Å². The smallest absolute Gasteiger partial charge is 0.244 e. The molecule has 0 radical (unpaired) electrons. The predicted octanol–water partition coefficient (Wildman–Crippen LogP) is 0.670. The minimum Gasteiger partial charge on any atom is -0.465 e. The van der Waals surface area contributed by atoms with E-state index in [2.05, 4.69) is 4.72 Å². The summed E-state index contributed by atoms with van der Waals surface area (Å²) in [5.41, 5.74) is 6.16. The first-order chi connectivity index (χ1) is 8.95. The van der Waals surface area contributed by atoms with Crippen molar-refractivity contribution in [3.63, 3.8) is 0 Å². The Labute approximate surface area is 113 Å². The molecule has 1 saturated heterocycles.